The molecule has 0 rings (SSSR count). The van der Waals surface area contributed by atoms with Crippen molar-refractivity contribution >= 4 is 193 Å². The molecule has 0 aromatic carbocycles. The van der Waals surface area contributed by atoms with Crippen molar-refractivity contribution in [3.63, 3.8) is 0 Å². The predicted molar refractivity (Wildman–Crippen MR) is 68.1 cm³/mol. The van der Waals surface area contributed by atoms with Gasteiger partial charge < -0.3 is 19.6 Å². The van der Waals surface area contributed by atoms with Crippen LogP contribution in [0.4, 0.5) is 0 Å². The molecule has 15 heteroatoms. The fourth-order valence-electron chi connectivity index (χ4n) is 0.139. The second-order valence-corrected chi connectivity index (χ2v) is 3.68. The Morgan fingerprint density at radius 1 is 0.600 bits per heavy atom. The maximum absolute atomic E-state index is 9.63. The maximum atomic E-state index is 9.63. The van der Waals surface area contributed by atoms with Crippen LogP contribution >= 0.6 is 15.6 Å². The van der Waals surface area contributed by atoms with Crippen LogP contribution in [-0.4, -0.2) is 197 Å². The summed E-state index contributed by atoms with van der Waals surface area (Å²) in [6.45, 7) is 0. The molecule has 15 heavy (non-hydrogen) atoms. The van der Waals surface area contributed by atoms with E-state index >= 15 is 0 Å². The summed E-state index contributed by atoms with van der Waals surface area (Å²) in [6, 6.07) is 0. The molecule has 0 atom stereocenters. The summed E-state index contributed by atoms with van der Waals surface area (Å²) >= 11 is 0. The van der Waals surface area contributed by atoms with Crippen LogP contribution in [-0.2, 0) is 13.4 Å². The molecule has 0 unspecified atom stereocenters. The van der Waals surface area contributed by atoms with E-state index in [9.17, 15) is 9.13 Å². The van der Waals surface area contributed by atoms with E-state index in [0.29, 0.717) is 0 Å². The minimum atomic E-state index is -5.05. The predicted octanol–water partition coefficient (Wildman–Crippen LogP) is -4.70. The molecule has 0 aromatic heterocycles. The Kier molecular flexibility index (Phi) is 58.0. The van der Waals surface area contributed by atoms with Crippen LogP contribution in [0, 0.1) is 0 Å². The van der Waals surface area contributed by atoms with E-state index in [-0.39, 0.29) is 177 Å². The van der Waals surface area contributed by atoms with Crippen molar-refractivity contribution in [2.75, 3.05) is 0 Å². The van der Waals surface area contributed by atoms with Gasteiger partial charge in [0.15, 0.2) is 0 Å². The summed E-state index contributed by atoms with van der Waals surface area (Å²) in [5.41, 5.74) is 0. The molecule has 0 saturated carbocycles. The van der Waals surface area contributed by atoms with Gasteiger partial charge in [-0.1, -0.05) is 0 Å². The van der Waals surface area contributed by atoms with E-state index in [1.165, 1.54) is 0 Å². The van der Waals surface area contributed by atoms with Crippen LogP contribution in [0.15, 0.2) is 0 Å². The summed E-state index contributed by atoms with van der Waals surface area (Å²) < 4.78 is 22.2. The Hall–Kier alpha value is 6.26. The quantitative estimate of drug-likeness (QED) is 0.297. The van der Waals surface area contributed by atoms with Crippen molar-refractivity contribution in [1.29, 1.82) is 0 Å². The molecule has 7 nitrogen and oxygen atoms in total. The third-order valence-corrected chi connectivity index (χ3v) is 1.91. The van der Waals surface area contributed by atoms with Crippen molar-refractivity contribution in [1.82, 2.24) is 0 Å². The van der Waals surface area contributed by atoms with E-state index in [1.54, 1.807) is 0 Å². The summed E-state index contributed by atoms with van der Waals surface area (Å²) in [7, 11) is -10.1. The monoisotopic (exact) mass is 322 g/mol. The summed E-state index contributed by atoms with van der Waals surface area (Å²) in [6.07, 6.45) is 0. The average Bonchev–Trinajstić information content (AvgIpc) is 1.14. The summed E-state index contributed by atoms with van der Waals surface area (Å²) in [4.78, 5) is 31.0. The Labute approximate surface area is 220 Å². The molecule has 0 fully saturated rings. The normalized spacial score (nSPS) is 8.27. The van der Waals surface area contributed by atoms with Gasteiger partial charge in [-0.2, -0.15) is 4.31 Å². The summed E-state index contributed by atoms with van der Waals surface area (Å²) in [5, 5.41) is 0. The van der Waals surface area contributed by atoms with Crippen LogP contribution in [0.3, 0.4) is 0 Å². The SMILES string of the molecule is O=P(O)(O)OP(=O)(O)O.[NaH].[NaH].[NaH].[NaH].[NaH].[NaH]. The second kappa shape index (κ2) is 20.3. The first kappa shape index (κ1) is 42.9. The zero-order valence-corrected chi connectivity index (χ0v) is 5.70. The van der Waals surface area contributed by atoms with Gasteiger partial charge in [-0.05, 0) is 0 Å². The van der Waals surface area contributed by atoms with E-state index < -0.39 is 15.6 Å². The van der Waals surface area contributed by atoms with Crippen LogP contribution in [0.25, 0.3) is 0 Å². The second-order valence-electron chi connectivity index (χ2n) is 1.06. The molecule has 0 aromatic rings. The van der Waals surface area contributed by atoms with Crippen LogP contribution in [0.1, 0.15) is 0 Å². The fraction of sp³-hybridized carbons (Fsp3) is 0. The molecule has 0 radical (unpaired) electrons. The van der Waals surface area contributed by atoms with Crippen LogP contribution in [0.2, 0.25) is 0 Å². The molecule has 4 N–H and O–H groups in total. The standard InChI is InChI=1S/6Na.H4O7P2.6H/c;;;;;;1-8(2,3)7-9(4,5)6;;;;;;/h;;;;;;(H2,1,2,3)(H2,4,5,6);;;;;;. The first-order valence-electron chi connectivity index (χ1n) is 1.53. The minimum absolute atomic E-state index is 0. The van der Waals surface area contributed by atoms with Gasteiger partial charge in [0.05, 0.1) is 0 Å². The molecular weight excluding hydrogens is 312 g/mol. The molecule has 0 heterocycles. The third-order valence-electron chi connectivity index (χ3n) is 0.213. The van der Waals surface area contributed by atoms with E-state index in [0.717, 1.165) is 0 Å². The summed E-state index contributed by atoms with van der Waals surface area (Å²) in [5.74, 6) is 0. The van der Waals surface area contributed by atoms with Gasteiger partial charge in [0.25, 0.3) is 0 Å². The van der Waals surface area contributed by atoms with Gasteiger partial charge in [-0.25, -0.2) is 9.13 Å². The molecule has 0 saturated heterocycles. The zero-order chi connectivity index (χ0) is 7.71. The zero-order valence-electron chi connectivity index (χ0n) is 3.91. The first-order chi connectivity index (χ1) is 3.71. The van der Waals surface area contributed by atoms with Crippen molar-refractivity contribution in [3.05, 3.63) is 0 Å². The van der Waals surface area contributed by atoms with Crippen LogP contribution < -0.4 is 0 Å². The molecular formula is H10Na6O7P2. The van der Waals surface area contributed by atoms with Gasteiger partial charge in [0.1, 0.15) is 0 Å². The van der Waals surface area contributed by atoms with Gasteiger partial charge in [-0.3, -0.25) is 0 Å². The van der Waals surface area contributed by atoms with Crippen molar-refractivity contribution in [3.8, 4) is 0 Å². The van der Waals surface area contributed by atoms with Crippen LogP contribution in [0.5, 0.6) is 0 Å². The number of phosphoric acid groups is 2. The van der Waals surface area contributed by atoms with Crippen molar-refractivity contribution in [2.24, 2.45) is 0 Å². The number of rotatable bonds is 2. The Bertz CT molecular complexity index is 162. The molecule has 0 spiro atoms. The van der Waals surface area contributed by atoms with Gasteiger partial charge in [0, 0.05) is 0 Å². The molecule has 68 valence electrons. The molecule has 0 aliphatic rings. The third kappa shape index (κ3) is 44.9. The molecule has 0 aliphatic carbocycles. The molecule has 0 aliphatic heterocycles. The first-order valence-corrected chi connectivity index (χ1v) is 4.59. The van der Waals surface area contributed by atoms with Gasteiger partial charge >= 0.3 is 193 Å². The van der Waals surface area contributed by atoms with E-state index in [1.807, 2.05) is 0 Å². The number of hydrogen-bond acceptors (Lipinski definition) is 3. The van der Waals surface area contributed by atoms with Crippen molar-refractivity contribution < 1.29 is 33.0 Å². The Morgan fingerprint density at radius 2 is 0.733 bits per heavy atom. The molecule has 0 amide bonds. The average molecular weight is 322 g/mol. The van der Waals surface area contributed by atoms with Gasteiger partial charge in [0.2, 0.25) is 0 Å². The van der Waals surface area contributed by atoms with E-state index in [4.69, 9.17) is 19.6 Å². The Morgan fingerprint density at radius 3 is 0.733 bits per heavy atom. The topological polar surface area (TPSA) is 124 Å². The van der Waals surface area contributed by atoms with Gasteiger partial charge in [-0.15, -0.1) is 0 Å². The molecule has 0 bridgehead atoms. The fourth-order valence-corrected chi connectivity index (χ4v) is 1.25. The number of hydrogen-bond donors (Lipinski definition) is 4. The van der Waals surface area contributed by atoms with Crippen molar-refractivity contribution in [2.45, 2.75) is 0 Å². The Balaban J connectivity index is -0.0000000213. The van der Waals surface area contributed by atoms with E-state index in [2.05, 4.69) is 4.31 Å².